The molecule has 1 aliphatic heterocycles. The third-order valence-corrected chi connectivity index (χ3v) is 4.70. The van der Waals surface area contributed by atoms with Crippen LogP contribution in [0.3, 0.4) is 0 Å². The Morgan fingerprint density at radius 3 is 2.53 bits per heavy atom. The molecule has 1 amide bonds. The number of hydrogen-bond acceptors (Lipinski definition) is 5. The number of aliphatic imine (C=N–C) groups is 1. The molecule has 1 fully saturated rings. The van der Waals surface area contributed by atoms with Gasteiger partial charge in [-0.25, -0.2) is 4.98 Å². The van der Waals surface area contributed by atoms with Gasteiger partial charge < -0.3 is 20.0 Å². The van der Waals surface area contributed by atoms with Gasteiger partial charge in [-0.15, -0.1) is 24.0 Å². The number of amides is 1. The van der Waals surface area contributed by atoms with Crippen LogP contribution in [0.25, 0.3) is 11.5 Å². The monoisotopic (exact) mass is 526 g/mol. The lowest BCUT2D eigenvalue weighted by molar-refractivity contribution is -0.123. The van der Waals surface area contributed by atoms with Crippen molar-refractivity contribution < 1.29 is 9.21 Å². The first-order valence-corrected chi connectivity index (χ1v) is 10.0. The predicted octanol–water partition coefficient (Wildman–Crippen LogP) is 2.18. The number of hydrogen-bond donors (Lipinski definition) is 2. The molecule has 0 saturated carbocycles. The SMILES string of the molecule is CN=C(NCc1coc(-c2ccccc2)n1)N1CCN(CC(=O)NC(C)C)CC1.I. The second-order valence-electron chi connectivity index (χ2n) is 7.40. The van der Waals surface area contributed by atoms with Gasteiger partial charge >= 0.3 is 0 Å². The number of rotatable bonds is 6. The van der Waals surface area contributed by atoms with E-state index in [4.69, 9.17) is 4.42 Å². The van der Waals surface area contributed by atoms with Crippen LogP contribution in [0.5, 0.6) is 0 Å². The van der Waals surface area contributed by atoms with Gasteiger partial charge in [0, 0.05) is 44.8 Å². The number of oxazole rings is 1. The van der Waals surface area contributed by atoms with Crippen molar-refractivity contribution >= 4 is 35.8 Å². The third-order valence-electron chi connectivity index (χ3n) is 4.70. The van der Waals surface area contributed by atoms with Gasteiger partial charge in [0.05, 0.1) is 18.8 Å². The molecule has 0 unspecified atom stereocenters. The molecule has 1 aromatic carbocycles. The number of nitrogens with zero attached hydrogens (tertiary/aromatic N) is 4. The maximum atomic E-state index is 11.9. The number of carbonyl (C=O) groups is 1. The summed E-state index contributed by atoms with van der Waals surface area (Å²) in [7, 11) is 1.78. The van der Waals surface area contributed by atoms with Crippen molar-refractivity contribution in [2.24, 2.45) is 4.99 Å². The lowest BCUT2D eigenvalue weighted by atomic mass is 10.2. The van der Waals surface area contributed by atoms with E-state index in [0.717, 1.165) is 43.4 Å². The second-order valence-corrected chi connectivity index (χ2v) is 7.40. The van der Waals surface area contributed by atoms with E-state index >= 15 is 0 Å². The Kier molecular flexibility index (Phi) is 9.57. The minimum atomic E-state index is 0. The van der Waals surface area contributed by atoms with Crippen molar-refractivity contribution in [1.29, 1.82) is 0 Å². The summed E-state index contributed by atoms with van der Waals surface area (Å²) in [6, 6.07) is 10.0. The van der Waals surface area contributed by atoms with E-state index in [-0.39, 0.29) is 35.9 Å². The zero-order valence-electron chi connectivity index (χ0n) is 17.8. The number of halogens is 1. The molecule has 8 nitrogen and oxygen atoms in total. The lowest BCUT2D eigenvalue weighted by Crippen LogP contribution is -2.54. The molecule has 30 heavy (non-hydrogen) atoms. The van der Waals surface area contributed by atoms with Gasteiger partial charge in [-0.3, -0.25) is 14.7 Å². The molecule has 1 aliphatic rings. The Balaban J connectivity index is 0.00000320. The van der Waals surface area contributed by atoms with Crippen LogP contribution in [-0.2, 0) is 11.3 Å². The molecule has 0 bridgehead atoms. The Labute approximate surface area is 195 Å². The average molecular weight is 526 g/mol. The van der Waals surface area contributed by atoms with Crippen LogP contribution in [0.1, 0.15) is 19.5 Å². The summed E-state index contributed by atoms with van der Waals surface area (Å²) >= 11 is 0. The smallest absolute Gasteiger partial charge is 0.234 e. The van der Waals surface area contributed by atoms with E-state index in [1.807, 2.05) is 44.2 Å². The fraction of sp³-hybridized carbons (Fsp3) is 0.476. The van der Waals surface area contributed by atoms with Crippen LogP contribution < -0.4 is 10.6 Å². The Morgan fingerprint density at radius 2 is 1.90 bits per heavy atom. The number of carbonyl (C=O) groups excluding carboxylic acids is 1. The zero-order chi connectivity index (χ0) is 20.6. The first-order chi connectivity index (χ1) is 14.0. The van der Waals surface area contributed by atoms with Crippen molar-refractivity contribution in [3.8, 4) is 11.5 Å². The fourth-order valence-electron chi connectivity index (χ4n) is 3.29. The van der Waals surface area contributed by atoms with Crippen LogP contribution >= 0.6 is 24.0 Å². The van der Waals surface area contributed by atoms with Crippen LogP contribution in [0.2, 0.25) is 0 Å². The van der Waals surface area contributed by atoms with Gasteiger partial charge in [0.25, 0.3) is 0 Å². The highest BCUT2D eigenvalue weighted by atomic mass is 127. The highest BCUT2D eigenvalue weighted by Crippen LogP contribution is 2.17. The van der Waals surface area contributed by atoms with Crippen molar-refractivity contribution in [2.75, 3.05) is 39.8 Å². The van der Waals surface area contributed by atoms with Crippen LogP contribution in [0.4, 0.5) is 0 Å². The normalized spacial score (nSPS) is 15.1. The molecule has 0 spiro atoms. The molecule has 1 aromatic heterocycles. The molecule has 2 heterocycles. The van der Waals surface area contributed by atoms with E-state index in [1.54, 1.807) is 13.3 Å². The number of piperazine rings is 1. The van der Waals surface area contributed by atoms with Crippen molar-refractivity contribution in [1.82, 2.24) is 25.4 Å². The van der Waals surface area contributed by atoms with Gasteiger partial charge in [0.2, 0.25) is 11.8 Å². The summed E-state index contributed by atoms with van der Waals surface area (Å²) in [6.45, 7) is 8.24. The lowest BCUT2D eigenvalue weighted by Gasteiger charge is -2.36. The second kappa shape index (κ2) is 11.9. The predicted molar refractivity (Wildman–Crippen MR) is 129 cm³/mol. The quantitative estimate of drug-likeness (QED) is 0.341. The molecule has 3 rings (SSSR count). The highest BCUT2D eigenvalue weighted by Gasteiger charge is 2.21. The molecular weight excluding hydrogens is 495 g/mol. The zero-order valence-corrected chi connectivity index (χ0v) is 20.1. The Hall–Kier alpha value is -2.14. The van der Waals surface area contributed by atoms with Crippen LogP contribution in [-0.4, -0.2) is 72.5 Å². The van der Waals surface area contributed by atoms with E-state index < -0.39 is 0 Å². The molecule has 1 saturated heterocycles. The van der Waals surface area contributed by atoms with Crippen molar-refractivity contribution in [3.05, 3.63) is 42.3 Å². The first-order valence-electron chi connectivity index (χ1n) is 10.0. The average Bonchev–Trinajstić information content (AvgIpc) is 3.19. The molecule has 2 aromatic rings. The molecule has 0 atom stereocenters. The molecule has 164 valence electrons. The van der Waals surface area contributed by atoms with E-state index in [9.17, 15) is 4.79 Å². The van der Waals surface area contributed by atoms with Crippen LogP contribution in [0, 0.1) is 0 Å². The van der Waals surface area contributed by atoms with E-state index in [2.05, 4.69) is 30.4 Å². The topological polar surface area (TPSA) is 86.0 Å². The third kappa shape index (κ3) is 6.98. The summed E-state index contributed by atoms with van der Waals surface area (Å²) in [4.78, 5) is 25.3. The summed E-state index contributed by atoms with van der Waals surface area (Å²) < 4.78 is 5.59. The molecule has 0 aliphatic carbocycles. The Bertz CT molecular complexity index is 816. The van der Waals surface area contributed by atoms with E-state index in [1.165, 1.54) is 0 Å². The highest BCUT2D eigenvalue weighted by molar-refractivity contribution is 14.0. The van der Waals surface area contributed by atoms with Crippen molar-refractivity contribution in [2.45, 2.75) is 26.4 Å². The summed E-state index contributed by atoms with van der Waals surface area (Å²) in [5.41, 5.74) is 1.79. The van der Waals surface area contributed by atoms with Crippen molar-refractivity contribution in [3.63, 3.8) is 0 Å². The summed E-state index contributed by atoms with van der Waals surface area (Å²) in [5, 5.41) is 6.30. The first kappa shape index (κ1) is 24.1. The van der Waals surface area contributed by atoms with E-state index in [0.29, 0.717) is 19.0 Å². The largest absolute Gasteiger partial charge is 0.444 e. The molecular formula is C21H31IN6O2. The number of benzene rings is 1. The summed E-state index contributed by atoms with van der Waals surface area (Å²) in [5.74, 6) is 1.53. The fourth-order valence-corrected chi connectivity index (χ4v) is 3.29. The van der Waals surface area contributed by atoms with Crippen LogP contribution in [0.15, 0.2) is 46.0 Å². The van der Waals surface area contributed by atoms with Gasteiger partial charge in [0.1, 0.15) is 6.26 Å². The maximum absolute atomic E-state index is 11.9. The molecule has 0 radical (unpaired) electrons. The van der Waals surface area contributed by atoms with Gasteiger partial charge in [-0.2, -0.15) is 0 Å². The number of guanidine groups is 1. The Morgan fingerprint density at radius 1 is 1.20 bits per heavy atom. The van der Waals surface area contributed by atoms with Gasteiger partial charge in [-0.05, 0) is 26.0 Å². The molecule has 2 N–H and O–H groups in total. The summed E-state index contributed by atoms with van der Waals surface area (Å²) in [6.07, 6.45) is 1.67. The number of aromatic nitrogens is 1. The maximum Gasteiger partial charge on any atom is 0.234 e. The minimum Gasteiger partial charge on any atom is -0.444 e. The minimum absolute atomic E-state index is 0. The molecule has 9 heteroatoms. The number of nitrogens with one attached hydrogen (secondary N) is 2. The van der Waals surface area contributed by atoms with Gasteiger partial charge in [0.15, 0.2) is 5.96 Å². The van der Waals surface area contributed by atoms with Gasteiger partial charge in [-0.1, -0.05) is 18.2 Å². The standard InChI is InChI=1S/C21H30N6O2.HI/c1-16(2)24-19(28)14-26-9-11-27(12-10-26)21(22-3)23-13-18-15-29-20(25-18)17-7-5-4-6-8-17;/h4-8,15-16H,9-14H2,1-3H3,(H,22,23)(H,24,28);1H.